The minimum atomic E-state index is -1.07. The van der Waals surface area contributed by atoms with Crippen LogP contribution in [0.3, 0.4) is 0 Å². The van der Waals surface area contributed by atoms with Gasteiger partial charge in [0, 0.05) is 19.7 Å². The normalized spacial score (nSPS) is 10.2. The summed E-state index contributed by atoms with van der Waals surface area (Å²) in [5.74, 6) is -0.797. The van der Waals surface area contributed by atoms with Gasteiger partial charge in [-0.05, 0) is 30.7 Å². The van der Waals surface area contributed by atoms with Crippen LogP contribution in [0.4, 0.5) is 5.69 Å². The van der Waals surface area contributed by atoms with Gasteiger partial charge in [0.1, 0.15) is 11.5 Å². The SMILES string of the molecule is COc1cc(C(=O)N(C)Cc2ccc(OCC(=O)O)cc2)cc([N+](=O)[O-])c1C. The van der Waals surface area contributed by atoms with Crippen LogP contribution in [0.5, 0.6) is 11.5 Å². The number of carboxylic acids is 1. The van der Waals surface area contributed by atoms with Crippen molar-refractivity contribution >= 4 is 17.6 Å². The number of nitrogens with zero attached hydrogens (tertiary/aromatic N) is 2. The average molecular weight is 388 g/mol. The quantitative estimate of drug-likeness (QED) is 0.545. The molecule has 0 atom stereocenters. The van der Waals surface area contributed by atoms with Gasteiger partial charge in [0.15, 0.2) is 6.61 Å². The molecule has 0 bridgehead atoms. The molecule has 0 aliphatic carbocycles. The number of methoxy groups -OCH3 is 1. The van der Waals surface area contributed by atoms with Gasteiger partial charge in [0.2, 0.25) is 0 Å². The predicted octanol–water partition coefficient (Wildman–Crippen LogP) is 2.65. The molecule has 0 heterocycles. The highest BCUT2D eigenvalue weighted by atomic mass is 16.6. The van der Waals surface area contributed by atoms with Crippen LogP contribution in [0.2, 0.25) is 0 Å². The number of nitro benzene ring substituents is 1. The van der Waals surface area contributed by atoms with E-state index in [4.69, 9.17) is 14.6 Å². The third-order valence-electron chi connectivity index (χ3n) is 4.05. The summed E-state index contributed by atoms with van der Waals surface area (Å²) in [5.41, 5.74) is 1.10. The van der Waals surface area contributed by atoms with Crippen molar-refractivity contribution in [1.29, 1.82) is 0 Å². The first kappa shape index (κ1) is 20.7. The summed E-state index contributed by atoms with van der Waals surface area (Å²) >= 11 is 0. The molecule has 1 amide bonds. The molecule has 9 nitrogen and oxygen atoms in total. The van der Waals surface area contributed by atoms with E-state index in [9.17, 15) is 19.7 Å². The van der Waals surface area contributed by atoms with Gasteiger partial charge in [-0.2, -0.15) is 0 Å². The maximum atomic E-state index is 12.7. The van der Waals surface area contributed by atoms with Gasteiger partial charge in [-0.25, -0.2) is 4.79 Å². The van der Waals surface area contributed by atoms with Gasteiger partial charge >= 0.3 is 5.97 Å². The molecule has 0 fully saturated rings. The highest BCUT2D eigenvalue weighted by Gasteiger charge is 2.21. The van der Waals surface area contributed by atoms with Gasteiger partial charge in [0.05, 0.1) is 23.2 Å². The smallest absolute Gasteiger partial charge is 0.341 e. The number of ether oxygens (including phenoxy) is 2. The van der Waals surface area contributed by atoms with Crippen molar-refractivity contribution in [3.05, 3.63) is 63.2 Å². The molecule has 0 saturated carbocycles. The molecule has 2 aromatic carbocycles. The molecule has 0 aliphatic rings. The van der Waals surface area contributed by atoms with Crippen molar-refractivity contribution in [3.8, 4) is 11.5 Å². The third kappa shape index (κ3) is 4.97. The molecule has 0 unspecified atom stereocenters. The number of rotatable bonds is 8. The summed E-state index contributed by atoms with van der Waals surface area (Å²) in [6, 6.07) is 9.34. The second-order valence-electron chi connectivity index (χ2n) is 6.07. The molecule has 1 N–H and O–H groups in total. The number of benzene rings is 2. The lowest BCUT2D eigenvalue weighted by molar-refractivity contribution is -0.385. The van der Waals surface area contributed by atoms with E-state index >= 15 is 0 Å². The van der Waals surface area contributed by atoms with E-state index < -0.39 is 23.4 Å². The zero-order chi connectivity index (χ0) is 20.8. The number of hydrogen-bond acceptors (Lipinski definition) is 6. The van der Waals surface area contributed by atoms with Crippen LogP contribution in [-0.4, -0.2) is 47.6 Å². The number of aliphatic carboxylic acids is 1. The number of hydrogen-bond donors (Lipinski definition) is 1. The maximum Gasteiger partial charge on any atom is 0.341 e. The summed E-state index contributed by atoms with van der Waals surface area (Å²) in [5, 5.41) is 19.8. The van der Waals surface area contributed by atoms with Crippen LogP contribution in [0.15, 0.2) is 36.4 Å². The van der Waals surface area contributed by atoms with Crippen molar-refractivity contribution in [3.63, 3.8) is 0 Å². The Labute approximate surface area is 161 Å². The van der Waals surface area contributed by atoms with E-state index in [1.54, 1.807) is 38.2 Å². The first-order valence-corrected chi connectivity index (χ1v) is 8.25. The number of carbonyl (C=O) groups excluding carboxylic acids is 1. The minimum Gasteiger partial charge on any atom is -0.496 e. The summed E-state index contributed by atoms with van der Waals surface area (Å²) in [6.07, 6.45) is 0. The van der Waals surface area contributed by atoms with E-state index in [0.717, 1.165) is 5.56 Å². The van der Waals surface area contributed by atoms with E-state index in [0.29, 0.717) is 11.3 Å². The van der Waals surface area contributed by atoms with Gasteiger partial charge in [-0.3, -0.25) is 14.9 Å². The molecule has 0 aromatic heterocycles. The van der Waals surface area contributed by atoms with Crippen LogP contribution in [0.1, 0.15) is 21.5 Å². The Hall–Kier alpha value is -3.62. The maximum absolute atomic E-state index is 12.7. The lowest BCUT2D eigenvalue weighted by Gasteiger charge is -2.18. The molecule has 0 radical (unpaired) electrons. The standard InChI is InChI=1S/C19H20N2O7/c1-12-16(21(25)26)8-14(9-17(12)27-3)19(24)20(2)10-13-4-6-15(7-5-13)28-11-18(22)23/h4-9H,10-11H2,1-3H3,(H,22,23). The lowest BCUT2D eigenvalue weighted by Crippen LogP contribution is -2.26. The van der Waals surface area contributed by atoms with Crippen molar-refractivity contribution in [2.24, 2.45) is 0 Å². The Bertz CT molecular complexity index is 894. The van der Waals surface area contributed by atoms with Crippen molar-refractivity contribution in [1.82, 2.24) is 4.90 Å². The van der Waals surface area contributed by atoms with Crippen LogP contribution in [-0.2, 0) is 11.3 Å². The average Bonchev–Trinajstić information content (AvgIpc) is 2.66. The number of carboxylic acid groups (broad SMARTS) is 1. The van der Waals surface area contributed by atoms with E-state index in [2.05, 4.69) is 0 Å². The van der Waals surface area contributed by atoms with Crippen molar-refractivity contribution in [2.45, 2.75) is 13.5 Å². The van der Waals surface area contributed by atoms with E-state index in [-0.39, 0.29) is 23.5 Å². The molecule has 9 heteroatoms. The molecular formula is C19H20N2O7. The summed E-state index contributed by atoms with van der Waals surface area (Å²) in [4.78, 5) is 35.3. The Morgan fingerprint density at radius 2 is 1.86 bits per heavy atom. The Morgan fingerprint density at radius 1 is 1.21 bits per heavy atom. The zero-order valence-electron chi connectivity index (χ0n) is 15.7. The predicted molar refractivity (Wildman–Crippen MR) is 99.8 cm³/mol. The molecule has 0 aliphatic heterocycles. The number of carbonyl (C=O) groups is 2. The molecule has 148 valence electrons. The Kier molecular flexibility index (Phi) is 6.54. The monoisotopic (exact) mass is 388 g/mol. The highest BCUT2D eigenvalue weighted by molar-refractivity contribution is 5.95. The molecule has 2 rings (SSSR count). The Morgan fingerprint density at radius 3 is 2.39 bits per heavy atom. The third-order valence-corrected chi connectivity index (χ3v) is 4.05. The highest BCUT2D eigenvalue weighted by Crippen LogP contribution is 2.30. The molecule has 2 aromatic rings. The van der Waals surface area contributed by atoms with E-state index in [1.807, 2.05) is 0 Å². The fourth-order valence-electron chi connectivity index (χ4n) is 2.60. The molecule has 0 saturated heterocycles. The molecular weight excluding hydrogens is 368 g/mol. The van der Waals surface area contributed by atoms with Gasteiger partial charge < -0.3 is 19.5 Å². The Balaban J connectivity index is 2.15. The van der Waals surface area contributed by atoms with Crippen LogP contribution < -0.4 is 9.47 Å². The fraction of sp³-hybridized carbons (Fsp3) is 0.263. The first-order chi connectivity index (χ1) is 13.2. The minimum absolute atomic E-state index is 0.151. The number of amides is 1. The van der Waals surface area contributed by atoms with Gasteiger partial charge in [0.25, 0.3) is 11.6 Å². The topological polar surface area (TPSA) is 119 Å². The van der Waals surface area contributed by atoms with Gasteiger partial charge in [-0.1, -0.05) is 12.1 Å². The summed E-state index contributed by atoms with van der Waals surface area (Å²) < 4.78 is 10.2. The second-order valence-corrected chi connectivity index (χ2v) is 6.07. The fourth-order valence-corrected chi connectivity index (χ4v) is 2.60. The van der Waals surface area contributed by atoms with Crippen LogP contribution in [0, 0.1) is 17.0 Å². The second kappa shape index (κ2) is 8.85. The van der Waals surface area contributed by atoms with Gasteiger partial charge in [-0.15, -0.1) is 0 Å². The molecule has 0 spiro atoms. The lowest BCUT2D eigenvalue weighted by atomic mass is 10.1. The largest absolute Gasteiger partial charge is 0.496 e. The van der Waals surface area contributed by atoms with Crippen molar-refractivity contribution in [2.75, 3.05) is 20.8 Å². The first-order valence-electron chi connectivity index (χ1n) is 8.25. The van der Waals surface area contributed by atoms with Crippen molar-refractivity contribution < 1.29 is 29.1 Å². The summed E-state index contributed by atoms with van der Waals surface area (Å²) in [7, 11) is 2.97. The zero-order valence-corrected chi connectivity index (χ0v) is 15.7. The molecule has 28 heavy (non-hydrogen) atoms. The van der Waals surface area contributed by atoms with Crippen LogP contribution in [0.25, 0.3) is 0 Å². The van der Waals surface area contributed by atoms with Crippen LogP contribution >= 0.6 is 0 Å². The summed E-state index contributed by atoms with van der Waals surface area (Å²) in [6.45, 7) is 1.37. The van der Waals surface area contributed by atoms with E-state index in [1.165, 1.54) is 24.1 Å². The number of nitro groups is 1.